The van der Waals surface area contributed by atoms with Crippen LogP contribution in [-0.2, 0) is 24.2 Å². The van der Waals surface area contributed by atoms with Gasteiger partial charge in [-0.1, -0.05) is 0 Å². The number of aromatic nitrogens is 2. The van der Waals surface area contributed by atoms with Crippen molar-refractivity contribution in [2.75, 3.05) is 5.32 Å². The number of amides is 1. The normalized spacial score (nSPS) is 13.7. The first kappa shape index (κ1) is 13.8. The largest absolute Gasteiger partial charge is 0.477 e. The highest BCUT2D eigenvalue weighted by Crippen LogP contribution is 2.29. The van der Waals surface area contributed by atoms with Crippen molar-refractivity contribution >= 4 is 28.3 Å². The van der Waals surface area contributed by atoms with Gasteiger partial charge in [0, 0.05) is 11.1 Å². The molecule has 0 atom stereocenters. The molecule has 2 heterocycles. The third-order valence-electron chi connectivity index (χ3n) is 3.45. The van der Waals surface area contributed by atoms with Gasteiger partial charge in [0.15, 0.2) is 5.13 Å². The van der Waals surface area contributed by atoms with E-state index in [1.54, 1.807) is 12.3 Å². The predicted molar refractivity (Wildman–Crippen MR) is 78.8 cm³/mol. The highest BCUT2D eigenvalue weighted by Gasteiger charge is 2.17. The van der Waals surface area contributed by atoms with Crippen molar-refractivity contribution in [2.24, 2.45) is 0 Å². The fraction of sp³-hybridized carbons (Fsp3) is 0.357. The summed E-state index contributed by atoms with van der Waals surface area (Å²) in [6.07, 6.45) is 5.91. The van der Waals surface area contributed by atoms with Crippen LogP contribution in [0, 0.1) is 0 Å². The number of hydrogen-bond donors (Lipinski definition) is 2. The molecule has 1 aliphatic carbocycles. The Morgan fingerprint density at radius 2 is 2.19 bits per heavy atom. The average molecular weight is 305 g/mol. The number of rotatable bonds is 4. The lowest BCUT2D eigenvalue weighted by molar-refractivity contribution is -0.116. The van der Waals surface area contributed by atoms with Gasteiger partial charge in [-0.2, -0.15) is 0 Å². The van der Waals surface area contributed by atoms with Crippen LogP contribution in [-0.4, -0.2) is 26.5 Å². The van der Waals surface area contributed by atoms with Crippen molar-refractivity contribution in [3.05, 3.63) is 34.6 Å². The zero-order valence-corrected chi connectivity index (χ0v) is 12.2. The number of carbonyl (C=O) groups excluding carboxylic acids is 1. The second-order valence-electron chi connectivity index (χ2n) is 4.97. The Bertz CT molecular complexity index is 666. The van der Waals surface area contributed by atoms with E-state index in [0.29, 0.717) is 5.13 Å². The molecule has 1 aliphatic rings. The summed E-state index contributed by atoms with van der Waals surface area (Å²) in [6.45, 7) is -0.0289. The van der Waals surface area contributed by atoms with Gasteiger partial charge in [-0.05, 0) is 37.8 Å². The van der Waals surface area contributed by atoms with E-state index >= 15 is 0 Å². The number of thiazole rings is 1. The van der Waals surface area contributed by atoms with E-state index in [1.165, 1.54) is 33.3 Å². The average Bonchev–Trinajstić information content (AvgIpc) is 3.03. The molecule has 21 heavy (non-hydrogen) atoms. The van der Waals surface area contributed by atoms with E-state index in [-0.39, 0.29) is 18.1 Å². The number of hydrogen-bond acceptors (Lipinski definition) is 4. The Morgan fingerprint density at radius 1 is 1.38 bits per heavy atom. The molecule has 0 radical (unpaired) electrons. The molecule has 6 nitrogen and oxygen atoms in total. The zero-order valence-electron chi connectivity index (χ0n) is 11.3. The van der Waals surface area contributed by atoms with Gasteiger partial charge in [0.05, 0.1) is 5.69 Å². The summed E-state index contributed by atoms with van der Waals surface area (Å²) in [4.78, 5) is 28.7. The third-order valence-corrected chi connectivity index (χ3v) is 4.53. The molecule has 0 unspecified atom stereocenters. The van der Waals surface area contributed by atoms with Crippen LogP contribution in [0.3, 0.4) is 0 Å². The summed E-state index contributed by atoms with van der Waals surface area (Å²) < 4.78 is 1.41. The molecule has 1 amide bonds. The Hall–Kier alpha value is -2.15. The van der Waals surface area contributed by atoms with Gasteiger partial charge < -0.3 is 15.0 Å². The van der Waals surface area contributed by atoms with Crippen LogP contribution in [0.4, 0.5) is 5.13 Å². The van der Waals surface area contributed by atoms with Crippen LogP contribution in [0.5, 0.6) is 0 Å². The van der Waals surface area contributed by atoms with Crippen LogP contribution in [0.25, 0.3) is 0 Å². The summed E-state index contributed by atoms with van der Waals surface area (Å²) >= 11 is 1.52. The number of aryl methyl sites for hydroxylation is 2. The predicted octanol–water partition coefficient (Wildman–Crippen LogP) is 2.16. The standard InChI is InChI=1S/C14H15N3O3S/c18-12(8-17-7-3-5-10(17)13(19)20)16-14-15-9-4-1-2-6-11(9)21-14/h3,5,7H,1-2,4,6,8H2,(H,19,20)(H,15,16,18). The number of aromatic carboxylic acids is 1. The summed E-state index contributed by atoms with van der Waals surface area (Å²) in [5.41, 5.74) is 1.19. The van der Waals surface area contributed by atoms with E-state index in [1.807, 2.05) is 0 Å². The highest BCUT2D eigenvalue weighted by molar-refractivity contribution is 7.15. The third kappa shape index (κ3) is 2.97. The lowest BCUT2D eigenvalue weighted by atomic mass is 10.0. The van der Waals surface area contributed by atoms with Crippen LogP contribution in [0.15, 0.2) is 18.3 Å². The molecule has 7 heteroatoms. The molecule has 110 valence electrons. The van der Waals surface area contributed by atoms with Gasteiger partial charge in [-0.3, -0.25) is 4.79 Å². The molecule has 2 aromatic rings. The second kappa shape index (κ2) is 5.69. The monoisotopic (exact) mass is 305 g/mol. The van der Waals surface area contributed by atoms with Gasteiger partial charge in [0.1, 0.15) is 12.2 Å². The maximum atomic E-state index is 12.0. The minimum atomic E-state index is -1.04. The minimum absolute atomic E-state index is 0.0289. The van der Waals surface area contributed by atoms with Crippen molar-refractivity contribution in [1.29, 1.82) is 0 Å². The van der Waals surface area contributed by atoms with Crippen LogP contribution in [0.1, 0.15) is 33.9 Å². The summed E-state index contributed by atoms with van der Waals surface area (Å²) in [5.74, 6) is -1.31. The maximum absolute atomic E-state index is 12.0. The molecule has 0 aromatic carbocycles. The molecule has 0 spiro atoms. The van der Waals surface area contributed by atoms with Crippen molar-refractivity contribution in [1.82, 2.24) is 9.55 Å². The smallest absolute Gasteiger partial charge is 0.352 e. The number of carbonyl (C=O) groups is 2. The molecular formula is C14H15N3O3S. The van der Waals surface area contributed by atoms with Crippen molar-refractivity contribution in [3.63, 3.8) is 0 Å². The van der Waals surface area contributed by atoms with Crippen LogP contribution < -0.4 is 5.32 Å². The zero-order chi connectivity index (χ0) is 14.8. The minimum Gasteiger partial charge on any atom is -0.477 e. The highest BCUT2D eigenvalue weighted by atomic mass is 32.1. The number of carboxylic acid groups (broad SMARTS) is 1. The SMILES string of the molecule is O=C(Cn1cccc1C(=O)O)Nc1nc2c(s1)CCCC2. The summed E-state index contributed by atoms with van der Waals surface area (Å²) in [5, 5.41) is 12.4. The Morgan fingerprint density at radius 3 is 2.95 bits per heavy atom. The number of carboxylic acids is 1. The Kier molecular flexibility index (Phi) is 3.74. The van der Waals surface area contributed by atoms with E-state index in [9.17, 15) is 9.59 Å². The van der Waals surface area contributed by atoms with E-state index < -0.39 is 5.97 Å². The Labute approximate surface area is 125 Å². The Balaban J connectivity index is 1.67. The molecule has 0 bridgehead atoms. The molecule has 0 fully saturated rings. The van der Waals surface area contributed by atoms with Crippen LogP contribution >= 0.6 is 11.3 Å². The van der Waals surface area contributed by atoms with Gasteiger partial charge >= 0.3 is 5.97 Å². The topological polar surface area (TPSA) is 84.2 Å². The van der Waals surface area contributed by atoms with E-state index in [0.717, 1.165) is 25.0 Å². The fourth-order valence-corrected chi connectivity index (χ4v) is 3.53. The molecule has 2 N–H and O–H groups in total. The summed E-state index contributed by atoms with van der Waals surface area (Å²) in [7, 11) is 0. The van der Waals surface area contributed by atoms with Crippen molar-refractivity contribution < 1.29 is 14.7 Å². The van der Waals surface area contributed by atoms with Gasteiger partial charge in [-0.15, -0.1) is 11.3 Å². The number of fused-ring (bicyclic) bond motifs is 1. The first-order valence-electron chi connectivity index (χ1n) is 6.80. The number of nitrogens with one attached hydrogen (secondary N) is 1. The van der Waals surface area contributed by atoms with Gasteiger partial charge in [0.2, 0.25) is 5.91 Å². The summed E-state index contributed by atoms with van der Waals surface area (Å²) in [6, 6.07) is 3.08. The first-order chi connectivity index (χ1) is 10.1. The maximum Gasteiger partial charge on any atom is 0.352 e. The lowest BCUT2D eigenvalue weighted by Gasteiger charge is -2.06. The molecular weight excluding hydrogens is 290 g/mol. The number of nitrogens with zero attached hydrogens (tertiary/aromatic N) is 2. The molecule has 2 aromatic heterocycles. The van der Waals surface area contributed by atoms with Crippen molar-refractivity contribution in [2.45, 2.75) is 32.2 Å². The first-order valence-corrected chi connectivity index (χ1v) is 7.62. The molecule has 3 rings (SSSR count). The van der Waals surface area contributed by atoms with Gasteiger partial charge in [-0.25, -0.2) is 9.78 Å². The number of anilines is 1. The van der Waals surface area contributed by atoms with E-state index in [2.05, 4.69) is 10.3 Å². The van der Waals surface area contributed by atoms with E-state index in [4.69, 9.17) is 5.11 Å². The van der Waals surface area contributed by atoms with Crippen molar-refractivity contribution in [3.8, 4) is 0 Å². The van der Waals surface area contributed by atoms with Gasteiger partial charge in [0.25, 0.3) is 0 Å². The molecule has 0 saturated carbocycles. The van der Waals surface area contributed by atoms with Crippen LogP contribution in [0.2, 0.25) is 0 Å². The quantitative estimate of drug-likeness (QED) is 0.906. The molecule has 0 saturated heterocycles. The second-order valence-corrected chi connectivity index (χ2v) is 6.05. The fourth-order valence-electron chi connectivity index (χ4n) is 2.47. The lowest BCUT2D eigenvalue weighted by Crippen LogP contribution is -2.20. The molecule has 0 aliphatic heterocycles.